The van der Waals surface area contributed by atoms with Crippen molar-refractivity contribution in [1.82, 2.24) is 4.98 Å². The lowest BCUT2D eigenvalue weighted by Crippen LogP contribution is -2.42. The van der Waals surface area contributed by atoms with Crippen LogP contribution in [0.2, 0.25) is 0 Å². The number of hydrogen-bond donors (Lipinski definition) is 1. The Hall–Kier alpha value is -1.62. The second-order valence-electron chi connectivity index (χ2n) is 5.87. The molecule has 0 aromatic carbocycles. The monoisotopic (exact) mass is 322 g/mol. The summed E-state index contributed by atoms with van der Waals surface area (Å²) < 4.78 is 11.3. The molecule has 0 aliphatic heterocycles. The Balaban J connectivity index is 2.74. The number of pyridine rings is 1. The van der Waals surface area contributed by atoms with E-state index in [9.17, 15) is 4.79 Å². The summed E-state index contributed by atoms with van der Waals surface area (Å²) in [5, 5.41) is 2.92. The molecule has 1 aromatic rings. The third-order valence-corrected chi connectivity index (χ3v) is 3.84. The van der Waals surface area contributed by atoms with E-state index in [1.165, 1.54) is 0 Å². The molecule has 0 radical (unpaired) electrons. The van der Waals surface area contributed by atoms with Crippen LogP contribution in [0.5, 0.6) is 5.88 Å². The van der Waals surface area contributed by atoms with Crippen molar-refractivity contribution >= 4 is 11.6 Å². The van der Waals surface area contributed by atoms with E-state index in [1.54, 1.807) is 6.07 Å². The van der Waals surface area contributed by atoms with Gasteiger partial charge in [-0.3, -0.25) is 4.79 Å². The Morgan fingerprint density at radius 2 is 1.96 bits per heavy atom. The number of carbonyl (C=O) groups excluding carboxylic acids is 1. The van der Waals surface area contributed by atoms with Crippen LogP contribution in [0, 0.1) is 6.92 Å². The topological polar surface area (TPSA) is 60.5 Å². The number of rotatable bonds is 10. The van der Waals surface area contributed by atoms with Crippen molar-refractivity contribution in [2.24, 2.45) is 0 Å². The molecule has 0 aliphatic rings. The van der Waals surface area contributed by atoms with Gasteiger partial charge in [0.2, 0.25) is 5.88 Å². The highest BCUT2D eigenvalue weighted by atomic mass is 16.5. The summed E-state index contributed by atoms with van der Waals surface area (Å²) in [4.78, 5) is 16.9. The molecule has 0 saturated carbocycles. The number of nitrogens with one attached hydrogen (secondary N) is 1. The average molecular weight is 322 g/mol. The van der Waals surface area contributed by atoms with E-state index in [4.69, 9.17) is 9.47 Å². The fourth-order valence-electron chi connectivity index (χ4n) is 1.98. The molecular weight excluding hydrogens is 292 g/mol. The van der Waals surface area contributed by atoms with Crippen molar-refractivity contribution in [3.63, 3.8) is 0 Å². The van der Waals surface area contributed by atoms with E-state index >= 15 is 0 Å². The Morgan fingerprint density at radius 3 is 2.52 bits per heavy atom. The zero-order chi connectivity index (χ0) is 17.3. The maximum absolute atomic E-state index is 12.5. The van der Waals surface area contributed by atoms with Gasteiger partial charge < -0.3 is 14.8 Å². The van der Waals surface area contributed by atoms with Crippen molar-refractivity contribution < 1.29 is 14.3 Å². The zero-order valence-corrected chi connectivity index (χ0v) is 15.1. The van der Waals surface area contributed by atoms with Gasteiger partial charge in [0.25, 0.3) is 5.91 Å². The van der Waals surface area contributed by atoms with Crippen LogP contribution in [0.25, 0.3) is 0 Å². The Morgan fingerprint density at radius 1 is 1.22 bits per heavy atom. The quantitative estimate of drug-likeness (QED) is 0.659. The predicted octanol–water partition coefficient (Wildman–Crippen LogP) is 4.10. The third-order valence-electron chi connectivity index (χ3n) is 3.84. The number of amides is 1. The van der Waals surface area contributed by atoms with Crippen LogP contribution >= 0.6 is 0 Å². The van der Waals surface area contributed by atoms with Gasteiger partial charge in [0.1, 0.15) is 5.60 Å². The second-order valence-corrected chi connectivity index (χ2v) is 5.87. The Kier molecular flexibility index (Phi) is 8.03. The highest BCUT2D eigenvalue weighted by Crippen LogP contribution is 2.22. The molecule has 5 nitrogen and oxygen atoms in total. The molecule has 0 fully saturated rings. The van der Waals surface area contributed by atoms with Gasteiger partial charge in [-0.2, -0.15) is 0 Å². The summed E-state index contributed by atoms with van der Waals surface area (Å²) in [5.41, 5.74) is 0.609. The molecule has 0 aliphatic carbocycles. The molecule has 1 aromatic heterocycles. The summed E-state index contributed by atoms with van der Waals surface area (Å²) in [6.07, 6.45) is 3.58. The van der Waals surface area contributed by atoms with Crippen LogP contribution < -0.4 is 10.1 Å². The van der Waals surface area contributed by atoms with Crippen LogP contribution in [-0.4, -0.2) is 29.7 Å². The number of aryl methyl sites for hydroxylation is 1. The molecule has 1 heterocycles. The molecule has 1 rings (SSSR count). The van der Waals surface area contributed by atoms with Gasteiger partial charge in [0, 0.05) is 12.7 Å². The highest BCUT2D eigenvalue weighted by Gasteiger charge is 2.32. The van der Waals surface area contributed by atoms with Crippen LogP contribution in [0.3, 0.4) is 0 Å². The van der Waals surface area contributed by atoms with Crippen molar-refractivity contribution in [3.05, 3.63) is 17.8 Å². The van der Waals surface area contributed by atoms with Gasteiger partial charge in [-0.1, -0.05) is 27.2 Å². The Labute approximate surface area is 139 Å². The van der Waals surface area contributed by atoms with Crippen molar-refractivity contribution in [1.29, 1.82) is 0 Å². The fraction of sp³-hybridized carbons (Fsp3) is 0.667. The largest absolute Gasteiger partial charge is 0.478 e. The predicted molar refractivity (Wildman–Crippen MR) is 92.9 cm³/mol. The first kappa shape index (κ1) is 19.4. The summed E-state index contributed by atoms with van der Waals surface area (Å²) in [7, 11) is 0. The minimum absolute atomic E-state index is 0.141. The molecule has 0 saturated heterocycles. The standard InChI is InChI=1S/C18H30N2O3/c1-6-9-13-22-16-11-10-15(14(4)19-16)20-17(21)18(5,8-3)23-12-7-2/h10-11H,6-9,12-13H2,1-5H3,(H,20,21)/t18-/m0/s1. The van der Waals surface area contributed by atoms with Gasteiger partial charge in [-0.05, 0) is 39.2 Å². The minimum Gasteiger partial charge on any atom is -0.478 e. The minimum atomic E-state index is -0.821. The maximum atomic E-state index is 12.5. The third kappa shape index (κ3) is 5.82. The number of nitrogens with zero attached hydrogens (tertiary/aromatic N) is 1. The molecule has 1 atom stereocenters. The highest BCUT2D eigenvalue weighted by molar-refractivity contribution is 5.97. The fourth-order valence-corrected chi connectivity index (χ4v) is 1.98. The number of anilines is 1. The summed E-state index contributed by atoms with van der Waals surface area (Å²) in [5.74, 6) is 0.451. The zero-order valence-electron chi connectivity index (χ0n) is 15.1. The number of aromatic nitrogens is 1. The molecular formula is C18H30N2O3. The smallest absolute Gasteiger partial charge is 0.256 e. The van der Waals surface area contributed by atoms with Crippen LogP contribution in [0.1, 0.15) is 59.1 Å². The van der Waals surface area contributed by atoms with Gasteiger partial charge in [-0.15, -0.1) is 0 Å². The molecule has 0 unspecified atom stereocenters. The van der Waals surface area contributed by atoms with E-state index in [1.807, 2.05) is 33.8 Å². The molecule has 23 heavy (non-hydrogen) atoms. The van der Waals surface area contributed by atoms with E-state index in [0.29, 0.717) is 31.2 Å². The van der Waals surface area contributed by atoms with Crippen molar-refractivity contribution in [3.8, 4) is 5.88 Å². The van der Waals surface area contributed by atoms with E-state index in [-0.39, 0.29) is 5.91 Å². The average Bonchev–Trinajstić information content (AvgIpc) is 2.55. The number of ether oxygens (including phenoxy) is 2. The van der Waals surface area contributed by atoms with Gasteiger partial charge in [0.15, 0.2) is 0 Å². The van der Waals surface area contributed by atoms with Crippen molar-refractivity contribution in [2.45, 2.75) is 65.9 Å². The lowest BCUT2D eigenvalue weighted by atomic mass is 10.0. The maximum Gasteiger partial charge on any atom is 0.256 e. The first-order chi connectivity index (χ1) is 11.0. The molecule has 130 valence electrons. The normalized spacial score (nSPS) is 13.4. The van der Waals surface area contributed by atoms with Crippen LogP contribution in [0.15, 0.2) is 12.1 Å². The second kappa shape index (κ2) is 9.50. The van der Waals surface area contributed by atoms with Crippen molar-refractivity contribution in [2.75, 3.05) is 18.5 Å². The summed E-state index contributed by atoms with van der Waals surface area (Å²) >= 11 is 0. The Bertz CT molecular complexity index is 505. The van der Waals surface area contributed by atoms with Gasteiger partial charge in [0.05, 0.1) is 18.0 Å². The van der Waals surface area contributed by atoms with Crippen LogP contribution in [0.4, 0.5) is 5.69 Å². The van der Waals surface area contributed by atoms with Gasteiger partial charge >= 0.3 is 0 Å². The molecule has 1 N–H and O–H groups in total. The van der Waals surface area contributed by atoms with E-state index < -0.39 is 5.60 Å². The summed E-state index contributed by atoms with van der Waals surface area (Å²) in [6.45, 7) is 11.0. The first-order valence-corrected chi connectivity index (χ1v) is 8.52. The number of hydrogen-bond acceptors (Lipinski definition) is 4. The number of unbranched alkanes of at least 4 members (excludes halogenated alkanes) is 1. The molecule has 0 bridgehead atoms. The lowest BCUT2D eigenvalue weighted by Gasteiger charge is -2.27. The summed E-state index contributed by atoms with van der Waals surface area (Å²) in [6, 6.07) is 3.62. The lowest BCUT2D eigenvalue weighted by molar-refractivity contribution is -0.139. The van der Waals surface area contributed by atoms with Crippen LogP contribution in [-0.2, 0) is 9.53 Å². The first-order valence-electron chi connectivity index (χ1n) is 8.52. The molecule has 0 spiro atoms. The number of carbonyl (C=O) groups is 1. The van der Waals surface area contributed by atoms with E-state index in [2.05, 4.69) is 17.2 Å². The molecule has 5 heteroatoms. The van der Waals surface area contributed by atoms with E-state index in [0.717, 1.165) is 25.0 Å². The SMILES string of the molecule is CCCCOc1ccc(NC(=O)[C@](C)(CC)OCCC)c(C)n1. The van der Waals surface area contributed by atoms with Gasteiger partial charge in [-0.25, -0.2) is 4.98 Å². The molecule has 1 amide bonds.